The van der Waals surface area contributed by atoms with Gasteiger partial charge in [0.25, 0.3) is 0 Å². The number of hydrogen-bond acceptors (Lipinski definition) is 11. The molecule has 0 radical (unpaired) electrons. The molecule has 7 fully saturated rings. The number of esters is 1. The number of carbonyl (C=O) groups is 1. The summed E-state index contributed by atoms with van der Waals surface area (Å²) in [6.07, 6.45) is -7.95. The Bertz CT molecular complexity index is 973. The van der Waals surface area contributed by atoms with Gasteiger partial charge in [-0.3, -0.25) is 0 Å². The normalized spacial score (nSPS) is 52.5. The second kappa shape index (κ2) is 7.42. The highest BCUT2D eigenvalue weighted by Gasteiger charge is 2.91. The second-order valence-electron chi connectivity index (χ2n) is 10.1. The summed E-state index contributed by atoms with van der Waals surface area (Å²) in [5.74, 6) is -3.43. The summed E-state index contributed by atoms with van der Waals surface area (Å²) < 4.78 is 29.5. The molecule has 4 aliphatic heterocycles. The van der Waals surface area contributed by atoms with Crippen LogP contribution in [0.15, 0.2) is 30.3 Å². The molecule has 6 bridgehead atoms. The number of carbonyl (C=O) groups excluding carboxylic acids is 1. The maximum absolute atomic E-state index is 12.6. The molecule has 3 saturated carbocycles. The van der Waals surface area contributed by atoms with Crippen molar-refractivity contribution in [3.63, 3.8) is 0 Å². The maximum atomic E-state index is 12.6. The SMILES string of the molecule is CC12CC3(O)OC(O1)C1C3C(COC(=O)c3ccccc3)C12OC1OC(CO)C(O)C(O)C1O. The van der Waals surface area contributed by atoms with Crippen LogP contribution in [0.3, 0.4) is 0 Å². The van der Waals surface area contributed by atoms with Crippen LogP contribution in [-0.4, -0.2) is 98.7 Å². The molecule has 1 aromatic carbocycles. The summed E-state index contributed by atoms with van der Waals surface area (Å²) in [5, 5.41) is 51.7. The van der Waals surface area contributed by atoms with Crippen LogP contribution in [0, 0.1) is 17.8 Å². The van der Waals surface area contributed by atoms with Crippen molar-refractivity contribution in [2.45, 2.75) is 67.3 Å². The molecule has 0 spiro atoms. The fourth-order valence-corrected chi connectivity index (χ4v) is 6.94. The van der Waals surface area contributed by atoms with Gasteiger partial charge in [0.1, 0.15) is 35.6 Å². The number of rotatable bonds is 6. The minimum Gasteiger partial charge on any atom is -0.462 e. The molecule has 12 unspecified atom stereocenters. The molecule has 0 amide bonds. The molecule has 186 valence electrons. The van der Waals surface area contributed by atoms with Crippen LogP contribution in [0.5, 0.6) is 0 Å². The predicted octanol–water partition coefficient (Wildman–Crippen LogP) is -1.50. The van der Waals surface area contributed by atoms with Crippen molar-refractivity contribution >= 4 is 5.97 Å². The van der Waals surface area contributed by atoms with Gasteiger partial charge in [0, 0.05) is 18.3 Å². The van der Waals surface area contributed by atoms with E-state index in [4.69, 9.17) is 23.7 Å². The molecule has 34 heavy (non-hydrogen) atoms. The van der Waals surface area contributed by atoms with Gasteiger partial charge in [-0.25, -0.2) is 4.79 Å². The molecule has 4 heterocycles. The lowest BCUT2D eigenvalue weighted by molar-refractivity contribution is -0.433. The number of aliphatic hydroxyl groups excluding tert-OH is 4. The summed E-state index contributed by atoms with van der Waals surface area (Å²) >= 11 is 0. The van der Waals surface area contributed by atoms with Crippen LogP contribution in [-0.2, 0) is 23.7 Å². The van der Waals surface area contributed by atoms with Crippen molar-refractivity contribution in [1.29, 1.82) is 0 Å². The highest BCUT2D eigenvalue weighted by Crippen LogP contribution is 2.77. The number of aliphatic hydroxyl groups is 5. The lowest BCUT2D eigenvalue weighted by Crippen LogP contribution is -2.81. The zero-order valence-corrected chi connectivity index (χ0v) is 18.4. The lowest BCUT2D eigenvalue weighted by Gasteiger charge is -2.67. The Labute approximate surface area is 194 Å². The molecule has 8 rings (SSSR count). The minimum atomic E-state index is -1.61. The third-order valence-corrected chi connectivity index (χ3v) is 8.36. The average Bonchev–Trinajstić information content (AvgIpc) is 3.07. The summed E-state index contributed by atoms with van der Waals surface area (Å²) in [4.78, 5) is 12.6. The van der Waals surface area contributed by atoms with Crippen molar-refractivity contribution in [3.05, 3.63) is 35.9 Å². The Morgan fingerprint density at radius 1 is 1.09 bits per heavy atom. The molecule has 7 aliphatic rings. The van der Waals surface area contributed by atoms with Crippen molar-refractivity contribution in [1.82, 2.24) is 0 Å². The van der Waals surface area contributed by atoms with Gasteiger partial charge in [-0.2, -0.15) is 0 Å². The van der Waals surface area contributed by atoms with E-state index in [1.807, 2.05) is 0 Å². The van der Waals surface area contributed by atoms with Crippen LogP contribution in [0.2, 0.25) is 0 Å². The van der Waals surface area contributed by atoms with Gasteiger partial charge < -0.3 is 49.2 Å². The molecule has 11 heteroatoms. The molecule has 12 atom stereocenters. The van der Waals surface area contributed by atoms with Gasteiger partial charge >= 0.3 is 5.97 Å². The lowest BCUT2D eigenvalue weighted by atomic mass is 9.43. The van der Waals surface area contributed by atoms with Gasteiger partial charge in [0.15, 0.2) is 18.4 Å². The maximum Gasteiger partial charge on any atom is 0.338 e. The summed E-state index contributed by atoms with van der Waals surface area (Å²) in [6, 6.07) is 8.49. The van der Waals surface area contributed by atoms with Gasteiger partial charge in [0.05, 0.1) is 24.7 Å². The first kappa shape index (κ1) is 22.8. The molecule has 0 aromatic heterocycles. The van der Waals surface area contributed by atoms with E-state index in [0.29, 0.717) is 5.56 Å². The molecule has 1 aromatic rings. The largest absolute Gasteiger partial charge is 0.462 e. The first-order valence-electron chi connectivity index (χ1n) is 11.4. The molecule has 11 nitrogen and oxygen atoms in total. The van der Waals surface area contributed by atoms with Crippen molar-refractivity contribution in [2.24, 2.45) is 17.8 Å². The van der Waals surface area contributed by atoms with Gasteiger partial charge in [-0.05, 0) is 19.1 Å². The Morgan fingerprint density at radius 3 is 2.50 bits per heavy atom. The molecule has 3 aliphatic carbocycles. The predicted molar refractivity (Wildman–Crippen MR) is 109 cm³/mol. The monoisotopic (exact) mass is 480 g/mol. The Hall–Kier alpha value is -1.67. The van der Waals surface area contributed by atoms with E-state index in [1.165, 1.54) is 0 Å². The van der Waals surface area contributed by atoms with E-state index < -0.39 is 84.3 Å². The van der Waals surface area contributed by atoms with Crippen LogP contribution < -0.4 is 0 Å². The van der Waals surface area contributed by atoms with Crippen LogP contribution >= 0.6 is 0 Å². The number of benzene rings is 1. The Morgan fingerprint density at radius 2 is 1.82 bits per heavy atom. The zero-order chi connectivity index (χ0) is 24.0. The Balaban J connectivity index is 1.30. The summed E-state index contributed by atoms with van der Waals surface area (Å²) in [5.41, 5.74) is -1.86. The van der Waals surface area contributed by atoms with Gasteiger partial charge in [0.2, 0.25) is 0 Å². The molecule has 5 N–H and O–H groups in total. The van der Waals surface area contributed by atoms with Gasteiger partial charge in [-0.15, -0.1) is 0 Å². The zero-order valence-electron chi connectivity index (χ0n) is 18.4. The summed E-state index contributed by atoms with van der Waals surface area (Å²) in [7, 11) is 0. The number of hydrogen-bond donors (Lipinski definition) is 5. The third-order valence-electron chi connectivity index (χ3n) is 8.36. The first-order valence-corrected chi connectivity index (χ1v) is 11.4. The van der Waals surface area contributed by atoms with E-state index in [1.54, 1.807) is 37.3 Å². The first-order chi connectivity index (χ1) is 16.1. The van der Waals surface area contributed by atoms with Crippen molar-refractivity contribution < 1.29 is 54.0 Å². The summed E-state index contributed by atoms with van der Waals surface area (Å²) in [6.45, 7) is 1.06. The van der Waals surface area contributed by atoms with E-state index in [-0.39, 0.29) is 13.0 Å². The van der Waals surface area contributed by atoms with E-state index >= 15 is 0 Å². The standard InChI is InChI=1S/C23H28O11/c1-21-9-22(29)13-11(8-30-18(28)10-5-3-2-4-6-10)23(21,14(13)19(32-21)33-22)34-20-17(27)16(26)15(25)12(7-24)31-20/h2-6,11-17,19-20,24-27,29H,7-9H2,1H3. The van der Waals surface area contributed by atoms with E-state index in [0.717, 1.165) is 0 Å². The molecular weight excluding hydrogens is 452 g/mol. The topological polar surface area (TPSA) is 164 Å². The Kier molecular flexibility index (Phi) is 4.97. The highest BCUT2D eigenvalue weighted by atomic mass is 16.8. The molecular formula is C23H28O11. The number of ether oxygens (including phenoxy) is 5. The second-order valence-corrected chi connectivity index (χ2v) is 10.1. The van der Waals surface area contributed by atoms with E-state index in [9.17, 15) is 30.3 Å². The smallest absolute Gasteiger partial charge is 0.338 e. The van der Waals surface area contributed by atoms with Crippen molar-refractivity contribution in [3.8, 4) is 0 Å². The fraction of sp³-hybridized carbons (Fsp3) is 0.696. The molecule has 4 saturated heterocycles. The minimum absolute atomic E-state index is 0.0955. The van der Waals surface area contributed by atoms with Gasteiger partial charge in [-0.1, -0.05) is 18.2 Å². The van der Waals surface area contributed by atoms with Crippen molar-refractivity contribution in [2.75, 3.05) is 13.2 Å². The van der Waals surface area contributed by atoms with Crippen LogP contribution in [0.1, 0.15) is 23.7 Å². The average molecular weight is 480 g/mol. The third kappa shape index (κ3) is 2.75. The van der Waals surface area contributed by atoms with Crippen LogP contribution in [0.4, 0.5) is 0 Å². The highest BCUT2D eigenvalue weighted by molar-refractivity contribution is 5.89. The fourth-order valence-electron chi connectivity index (χ4n) is 6.94. The van der Waals surface area contributed by atoms with E-state index in [2.05, 4.69) is 0 Å². The quantitative estimate of drug-likeness (QED) is 0.301. The van der Waals surface area contributed by atoms with Crippen LogP contribution in [0.25, 0.3) is 0 Å².